The van der Waals surface area contributed by atoms with Crippen LogP contribution in [0.15, 0.2) is 0 Å². The summed E-state index contributed by atoms with van der Waals surface area (Å²) in [5.41, 5.74) is 5.43. The van der Waals surface area contributed by atoms with Gasteiger partial charge in [0.15, 0.2) is 0 Å². The highest BCUT2D eigenvalue weighted by atomic mass is 16.4. The molecule has 0 fully saturated rings. The molecule has 28 heavy (non-hydrogen) atoms. The summed E-state index contributed by atoms with van der Waals surface area (Å²) in [5, 5.41) is 25.1. The van der Waals surface area contributed by atoms with Crippen molar-refractivity contribution in [2.75, 3.05) is 0 Å². The zero-order valence-corrected chi connectivity index (χ0v) is 16.5. The zero-order valence-electron chi connectivity index (χ0n) is 16.5. The molecule has 0 aromatic heterocycles. The van der Waals surface area contributed by atoms with E-state index in [0.717, 1.165) is 0 Å². The summed E-state index contributed by atoms with van der Waals surface area (Å²) in [4.78, 5) is 58.4. The minimum atomic E-state index is -1.40. The van der Waals surface area contributed by atoms with E-state index in [1.165, 1.54) is 13.8 Å². The maximum absolute atomic E-state index is 12.5. The number of carbonyl (C=O) groups excluding carboxylic acids is 3. The summed E-state index contributed by atoms with van der Waals surface area (Å²) in [6.07, 6.45) is -0.220. The minimum absolute atomic E-state index is 0.293. The summed E-state index contributed by atoms with van der Waals surface area (Å²) < 4.78 is 0. The third kappa shape index (κ3) is 8.80. The lowest BCUT2D eigenvalue weighted by atomic mass is 9.97. The van der Waals surface area contributed by atoms with Crippen LogP contribution in [0.4, 0.5) is 0 Å². The maximum Gasteiger partial charge on any atom is 0.326 e. The molecule has 160 valence electrons. The highest BCUT2D eigenvalue weighted by Crippen LogP contribution is 2.10. The fourth-order valence-electron chi connectivity index (χ4n) is 2.18. The normalized spacial score (nSPS) is 16.0. The number of nitrogens with two attached hydrogens (primary N) is 1. The van der Waals surface area contributed by atoms with Crippen LogP contribution in [-0.4, -0.2) is 64.0 Å². The lowest BCUT2D eigenvalue weighted by Crippen LogP contribution is -2.57. The lowest BCUT2D eigenvalue weighted by molar-refractivity contribution is -0.143. The van der Waals surface area contributed by atoms with Crippen LogP contribution in [0.25, 0.3) is 0 Å². The topological polar surface area (TPSA) is 188 Å². The largest absolute Gasteiger partial charge is 0.481 e. The molecule has 0 rings (SSSR count). The second-order valence-electron chi connectivity index (χ2n) is 6.72. The van der Waals surface area contributed by atoms with Gasteiger partial charge in [0.2, 0.25) is 17.7 Å². The number of carboxylic acid groups (broad SMARTS) is 2. The van der Waals surface area contributed by atoms with Gasteiger partial charge in [-0.25, -0.2) is 4.79 Å². The molecule has 11 heteroatoms. The molecule has 0 aliphatic carbocycles. The second kappa shape index (κ2) is 11.9. The Kier molecular flexibility index (Phi) is 10.8. The summed E-state index contributed by atoms with van der Waals surface area (Å²) in [6.45, 7) is 6.37. The van der Waals surface area contributed by atoms with Crippen molar-refractivity contribution >= 4 is 29.7 Å². The Bertz CT molecular complexity index is 594. The molecule has 5 atom stereocenters. The van der Waals surface area contributed by atoms with Gasteiger partial charge >= 0.3 is 11.9 Å². The average Bonchev–Trinajstić information content (AvgIpc) is 2.61. The van der Waals surface area contributed by atoms with Gasteiger partial charge in [-0.2, -0.15) is 0 Å². The summed E-state index contributed by atoms with van der Waals surface area (Å²) >= 11 is 0. The quantitative estimate of drug-likeness (QED) is 0.235. The molecule has 11 nitrogen and oxygen atoms in total. The molecule has 0 aliphatic heterocycles. The van der Waals surface area contributed by atoms with E-state index in [0.29, 0.717) is 6.42 Å². The number of carboxylic acids is 2. The third-order valence-electron chi connectivity index (χ3n) is 4.22. The van der Waals surface area contributed by atoms with Crippen molar-refractivity contribution in [1.82, 2.24) is 16.0 Å². The van der Waals surface area contributed by atoms with Crippen LogP contribution in [0.5, 0.6) is 0 Å². The Morgan fingerprint density at radius 1 is 0.893 bits per heavy atom. The van der Waals surface area contributed by atoms with Gasteiger partial charge in [-0.1, -0.05) is 20.3 Å². The van der Waals surface area contributed by atoms with Crippen LogP contribution >= 0.6 is 0 Å². The van der Waals surface area contributed by atoms with E-state index < -0.39 is 60.2 Å². The van der Waals surface area contributed by atoms with Crippen LogP contribution < -0.4 is 21.7 Å². The van der Waals surface area contributed by atoms with Crippen LogP contribution in [0, 0.1) is 5.92 Å². The summed E-state index contributed by atoms with van der Waals surface area (Å²) in [7, 11) is 0. The number of carbonyl (C=O) groups is 5. The predicted octanol–water partition coefficient (Wildman–Crippen LogP) is -1.20. The second-order valence-corrected chi connectivity index (χ2v) is 6.72. The van der Waals surface area contributed by atoms with Crippen LogP contribution in [-0.2, 0) is 24.0 Å². The van der Waals surface area contributed by atoms with Crippen molar-refractivity contribution in [2.24, 2.45) is 11.7 Å². The van der Waals surface area contributed by atoms with Gasteiger partial charge < -0.3 is 31.9 Å². The molecule has 0 saturated carbocycles. The molecule has 0 spiro atoms. The van der Waals surface area contributed by atoms with Crippen molar-refractivity contribution in [3.8, 4) is 0 Å². The molecular formula is C17H30N4O7. The van der Waals surface area contributed by atoms with E-state index in [1.807, 2.05) is 0 Å². The standard InChI is InChI=1S/C17H30N4O7/c1-5-8(2)13(21-15(25)10(4)19-14(24)9(3)18)16(26)20-11(17(27)28)6-7-12(22)23/h8-11,13H,5-7,18H2,1-4H3,(H,19,24)(H,20,26)(H,21,25)(H,22,23)(H,27,28). The van der Waals surface area contributed by atoms with Crippen LogP contribution in [0.1, 0.15) is 47.0 Å². The lowest BCUT2D eigenvalue weighted by Gasteiger charge is -2.27. The predicted molar refractivity (Wildman–Crippen MR) is 99.1 cm³/mol. The fraction of sp³-hybridized carbons (Fsp3) is 0.706. The average molecular weight is 402 g/mol. The molecule has 0 aromatic rings. The van der Waals surface area contributed by atoms with Crippen molar-refractivity contribution in [3.05, 3.63) is 0 Å². The van der Waals surface area contributed by atoms with Gasteiger partial charge in [0.05, 0.1) is 6.04 Å². The molecule has 0 heterocycles. The van der Waals surface area contributed by atoms with Gasteiger partial charge in [0.1, 0.15) is 18.1 Å². The van der Waals surface area contributed by atoms with Crippen molar-refractivity contribution in [2.45, 2.75) is 71.1 Å². The van der Waals surface area contributed by atoms with E-state index in [9.17, 15) is 29.1 Å². The van der Waals surface area contributed by atoms with Gasteiger partial charge in [0.25, 0.3) is 0 Å². The Labute approximate surface area is 163 Å². The first-order chi connectivity index (χ1) is 12.9. The van der Waals surface area contributed by atoms with Gasteiger partial charge in [-0.15, -0.1) is 0 Å². The van der Waals surface area contributed by atoms with Crippen molar-refractivity contribution in [3.63, 3.8) is 0 Å². The fourth-order valence-corrected chi connectivity index (χ4v) is 2.18. The molecule has 0 radical (unpaired) electrons. The van der Waals surface area contributed by atoms with Gasteiger partial charge in [-0.3, -0.25) is 19.2 Å². The highest BCUT2D eigenvalue weighted by molar-refractivity contribution is 5.94. The van der Waals surface area contributed by atoms with Gasteiger partial charge in [-0.05, 0) is 26.2 Å². The zero-order chi connectivity index (χ0) is 22.0. The number of hydrogen-bond donors (Lipinski definition) is 6. The molecule has 0 saturated heterocycles. The van der Waals surface area contributed by atoms with E-state index in [4.69, 9.17) is 10.8 Å². The molecule has 0 aromatic carbocycles. The Balaban J connectivity index is 5.16. The van der Waals surface area contributed by atoms with E-state index in [-0.39, 0.29) is 12.3 Å². The Morgan fingerprint density at radius 3 is 1.89 bits per heavy atom. The van der Waals surface area contributed by atoms with E-state index in [1.54, 1.807) is 13.8 Å². The smallest absolute Gasteiger partial charge is 0.326 e. The summed E-state index contributed by atoms with van der Waals surface area (Å²) in [5.74, 6) is -4.81. The number of hydrogen-bond acceptors (Lipinski definition) is 6. The molecular weight excluding hydrogens is 372 g/mol. The number of aliphatic carboxylic acids is 2. The first kappa shape index (κ1) is 25.3. The number of nitrogens with one attached hydrogen (secondary N) is 3. The van der Waals surface area contributed by atoms with Crippen LogP contribution in [0.3, 0.4) is 0 Å². The molecule has 5 unspecified atom stereocenters. The SMILES string of the molecule is CCC(C)C(NC(=O)C(C)NC(=O)C(C)N)C(=O)NC(CCC(=O)O)C(=O)O. The molecule has 0 bridgehead atoms. The van der Waals surface area contributed by atoms with Gasteiger partial charge in [0, 0.05) is 6.42 Å². The Morgan fingerprint density at radius 2 is 1.46 bits per heavy atom. The van der Waals surface area contributed by atoms with Crippen molar-refractivity contribution < 1.29 is 34.2 Å². The molecule has 0 aliphatic rings. The van der Waals surface area contributed by atoms with E-state index in [2.05, 4.69) is 16.0 Å². The maximum atomic E-state index is 12.5. The third-order valence-corrected chi connectivity index (χ3v) is 4.22. The Hall–Kier alpha value is -2.69. The first-order valence-electron chi connectivity index (χ1n) is 9.01. The van der Waals surface area contributed by atoms with Crippen molar-refractivity contribution in [1.29, 1.82) is 0 Å². The first-order valence-corrected chi connectivity index (χ1v) is 9.01. The number of rotatable bonds is 12. The van der Waals surface area contributed by atoms with Crippen LogP contribution in [0.2, 0.25) is 0 Å². The highest BCUT2D eigenvalue weighted by Gasteiger charge is 2.31. The molecule has 3 amide bonds. The molecule has 7 N–H and O–H groups in total. The minimum Gasteiger partial charge on any atom is -0.481 e. The monoisotopic (exact) mass is 402 g/mol. The van der Waals surface area contributed by atoms with E-state index >= 15 is 0 Å². The number of amides is 3. The summed E-state index contributed by atoms with van der Waals surface area (Å²) in [6, 6.07) is -4.23.